The number of thiazole rings is 1. The summed E-state index contributed by atoms with van der Waals surface area (Å²) >= 11 is 1.30. The molecule has 1 aliphatic rings. The summed E-state index contributed by atoms with van der Waals surface area (Å²) in [6.07, 6.45) is 1.03. The maximum atomic E-state index is 12.6. The van der Waals surface area contributed by atoms with Crippen LogP contribution < -0.4 is 10.6 Å². The summed E-state index contributed by atoms with van der Waals surface area (Å²) in [5.74, 6) is -0.681. The van der Waals surface area contributed by atoms with Gasteiger partial charge in [-0.05, 0) is 13.0 Å². The number of aromatic nitrogens is 2. The fourth-order valence-corrected chi connectivity index (χ4v) is 3.58. The Kier molecular flexibility index (Phi) is 4.54. The molecule has 4 N–H and O–H groups in total. The van der Waals surface area contributed by atoms with Gasteiger partial charge < -0.3 is 25.6 Å². The average molecular weight is 349 g/mol. The molecular formula is C15H19N5O3S. The number of carbonyl (C=O) groups is 2. The lowest BCUT2D eigenvalue weighted by Gasteiger charge is -2.21. The highest BCUT2D eigenvalue weighted by molar-refractivity contribution is 7.13. The molecule has 2 amide bonds. The molecule has 0 radical (unpaired) electrons. The van der Waals surface area contributed by atoms with Gasteiger partial charge in [0, 0.05) is 43.4 Å². The SMILES string of the molecule is Cc1[nH]ccc1C(=O)N1CCN(c2nc(C(N)=O)cs2)CC(O)C1. The molecule has 2 aromatic rings. The van der Waals surface area contributed by atoms with Crippen LogP contribution in [0.25, 0.3) is 0 Å². The van der Waals surface area contributed by atoms with Crippen LogP contribution in [-0.4, -0.2) is 64.1 Å². The normalized spacial score (nSPS) is 18.5. The van der Waals surface area contributed by atoms with Gasteiger partial charge in [-0.15, -0.1) is 11.3 Å². The fraction of sp³-hybridized carbons (Fsp3) is 0.400. The zero-order valence-electron chi connectivity index (χ0n) is 13.2. The molecule has 0 aliphatic carbocycles. The number of aryl methyl sites for hydroxylation is 1. The van der Waals surface area contributed by atoms with Crippen molar-refractivity contribution >= 4 is 28.3 Å². The summed E-state index contributed by atoms with van der Waals surface area (Å²) in [5, 5.41) is 12.5. The first-order valence-corrected chi connectivity index (χ1v) is 8.45. The quantitative estimate of drug-likeness (QED) is 0.732. The van der Waals surface area contributed by atoms with Gasteiger partial charge in [-0.1, -0.05) is 0 Å². The van der Waals surface area contributed by atoms with Crippen molar-refractivity contribution in [1.82, 2.24) is 14.9 Å². The number of nitrogens with two attached hydrogens (primary N) is 1. The number of amides is 2. The average Bonchev–Trinajstić information content (AvgIpc) is 3.14. The molecule has 1 saturated heterocycles. The number of H-pyrrole nitrogens is 1. The number of anilines is 1. The lowest BCUT2D eigenvalue weighted by molar-refractivity contribution is 0.0673. The van der Waals surface area contributed by atoms with Crippen LogP contribution in [0.15, 0.2) is 17.6 Å². The predicted octanol–water partition coefficient (Wildman–Crippen LogP) is 0.202. The Morgan fingerprint density at radius 3 is 2.83 bits per heavy atom. The predicted molar refractivity (Wildman–Crippen MR) is 90.3 cm³/mol. The molecule has 1 unspecified atom stereocenters. The molecule has 1 aliphatic heterocycles. The van der Waals surface area contributed by atoms with Crippen molar-refractivity contribution in [3.8, 4) is 0 Å². The third kappa shape index (κ3) is 3.26. The first-order valence-electron chi connectivity index (χ1n) is 7.57. The van der Waals surface area contributed by atoms with Crippen molar-refractivity contribution in [3.63, 3.8) is 0 Å². The number of hydrogen-bond acceptors (Lipinski definition) is 6. The second-order valence-electron chi connectivity index (χ2n) is 5.75. The Balaban J connectivity index is 1.74. The summed E-state index contributed by atoms with van der Waals surface area (Å²) in [6.45, 7) is 3.44. The van der Waals surface area contributed by atoms with E-state index in [1.807, 2.05) is 11.8 Å². The summed E-state index contributed by atoms with van der Waals surface area (Å²) in [4.78, 5) is 34.5. The van der Waals surface area contributed by atoms with Crippen molar-refractivity contribution in [3.05, 3.63) is 34.6 Å². The third-order valence-corrected chi connectivity index (χ3v) is 4.89. The molecule has 3 heterocycles. The smallest absolute Gasteiger partial charge is 0.268 e. The molecule has 2 aromatic heterocycles. The van der Waals surface area contributed by atoms with Crippen LogP contribution in [0.2, 0.25) is 0 Å². The van der Waals surface area contributed by atoms with E-state index in [0.29, 0.717) is 30.3 Å². The van der Waals surface area contributed by atoms with Gasteiger partial charge in [-0.25, -0.2) is 4.98 Å². The van der Waals surface area contributed by atoms with E-state index in [1.54, 1.807) is 22.5 Å². The van der Waals surface area contributed by atoms with Gasteiger partial charge in [-0.3, -0.25) is 9.59 Å². The van der Waals surface area contributed by atoms with Crippen LogP contribution >= 0.6 is 11.3 Å². The largest absolute Gasteiger partial charge is 0.389 e. The highest BCUT2D eigenvalue weighted by Crippen LogP contribution is 2.22. The minimum atomic E-state index is -0.698. The number of hydrogen-bond donors (Lipinski definition) is 3. The Morgan fingerprint density at radius 1 is 1.42 bits per heavy atom. The number of nitrogens with zero attached hydrogens (tertiary/aromatic N) is 3. The van der Waals surface area contributed by atoms with Gasteiger partial charge in [-0.2, -0.15) is 0 Å². The Hall–Kier alpha value is -2.39. The van der Waals surface area contributed by atoms with Crippen molar-refractivity contribution in [2.75, 3.05) is 31.1 Å². The number of carbonyl (C=O) groups excluding carboxylic acids is 2. The second-order valence-corrected chi connectivity index (χ2v) is 6.58. The highest BCUT2D eigenvalue weighted by atomic mass is 32.1. The zero-order chi connectivity index (χ0) is 17.3. The number of aliphatic hydroxyl groups excluding tert-OH is 1. The van der Waals surface area contributed by atoms with Crippen molar-refractivity contribution in [1.29, 1.82) is 0 Å². The van der Waals surface area contributed by atoms with Crippen LogP contribution in [0.4, 0.5) is 5.13 Å². The lowest BCUT2D eigenvalue weighted by Crippen LogP contribution is -2.37. The summed E-state index contributed by atoms with van der Waals surface area (Å²) in [6, 6.07) is 1.74. The van der Waals surface area contributed by atoms with Crippen LogP contribution in [0, 0.1) is 6.92 Å². The molecule has 0 bridgehead atoms. The Labute approximate surface area is 142 Å². The van der Waals surface area contributed by atoms with Gasteiger partial charge in [0.1, 0.15) is 5.69 Å². The first-order chi connectivity index (χ1) is 11.5. The molecule has 8 nitrogen and oxygen atoms in total. The summed E-state index contributed by atoms with van der Waals surface area (Å²) in [5.41, 5.74) is 6.86. The van der Waals surface area contributed by atoms with Crippen LogP contribution in [0.5, 0.6) is 0 Å². The van der Waals surface area contributed by atoms with Gasteiger partial charge >= 0.3 is 0 Å². The molecule has 9 heteroatoms. The Morgan fingerprint density at radius 2 is 2.21 bits per heavy atom. The maximum absolute atomic E-state index is 12.6. The third-order valence-electron chi connectivity index (χ3n) is 3.99. The minimum Gasteiger partial charge on any atom is -0.389 e. The molecule has 128 valence electrons. The van der Waals surface area contributed by atoms with E-state index in [0.717, 1.165) is 5.69 Å². The maximum Gasteiger partial charge on any atom is 0.268 e. The van der Waals surface area contributed by atoms with E-state index in [9.17, 15) is 14.7 Å². The van der Waals surface area contributed by atoms with Crippen molar-refractivity contribution in [2.24, 2.45) is 5.73 Å². The van der Waals surface area contributed by atoms with E-state index in [4.69, 9.17) is 5.73 Å². The molecule has 0 saturated carbocycles. The number of primary amides is 1. The standard InChI is InChI=1S/C15H19N5O3S/c1-9-11(2-3-17-9)14(23)19-4-5-20(7-10(21)6-19)15-18-12(8-24-15)13(16)22/h2-3,8,10,17,21H,4-7H2,1H3,(H2,16,22). The summed E-state index contributed by atoms with van der Waals surface area (Å²) in [7, 11) is 0. The van der Waals surface area contributed by atoms with Crippen LogP contribution in [-0.2, 0) is 0 Å². The number of aliphatic hydroxyl groups is 1. The number of rotatable bonds is 3. The van der Waals surface area contributed by atoms with E-state index in [-0.39, 0.29) is 18.1 Å². The number of β-amino-alcohol motifs (C(OH)–C–C–N with tert-alkyl or cyclic N) is 1. The molecular weight excluding hydrogens is 330 g/mol. The lowest BCUT2D eigenvalue weighted by atomic mass is 10.2. The van der Waals surface area contributed by atoms with E-state index in [2.05, 4.69) is 9.97 Å². The van der Waals surface area contributed by atoms with Crippen molar-refractivity contribution in [2.45, 2.75) is 13.0 Å². The van der Waals surface area contributed by atoms with Crippen LogP contribution in [0.3, 0.4) is 0 Å². The van der Waals surface area contributed by atoms with Gasteiger partial charge in [0.15, 0.2) is 5.13 Å². The minimum absolute atomic E-state index is 0.105. The van der Waals surface area contributed by atoms with Gasteiger partial charge in [0.05, 0.1) is 11.7 Å². The molecule has 0 spiro atoms. The van der Waals surface area contributed by atoms with Gasteiger partial charge in [0.25, 0.3) is 11.8 Å². The Bertz CT molecular complexity index is 756. The van der Waals surface area contributed by atoms with E-state index < -0.39 is 12.0 Å². The first kappa shape index (κ1) is 16.5. The van der Waals surface area contributed by atoms with Gasteiger partial charge in [0.2, 0.25) is 0 Å². The molecule has 3 rings (SSSR count). The highest BCUT2D eigenvalue weighted by Gasteiger charge is 2.27. The summed E-state index contributed by atoms with van der Waals surface area (Å²) < 4.78 is 0. The van der Waals surface area contributed by atoms with Crippen molar-refractivity contribution < 1.29 is 14.7 Å². The number of nitrogens with one attached hydrogen (secondary N) is 1. The molecule has 1 atom stereocenters. The van der Waals surface area contributed by atoms with E-state index in [1.165, 1.54) is 11.3 Å². The zero-order valence-corrected chi connectivity index (χ0v) is 14.0. The molecule has 0 aromatic carbocycles. The second kappa shape index (κ2) is 6.62. The fourth-order valence-electron chi connectivity index (χ4n) is 2.73. The van der Waals surface area contributed by atoms with E-state index >= 15 is 0 Å². The van der Waals surface area contributed by atoms with Crippen LogP contribution in [0.1, 0.15) is 26.5 Å². The topological polar surface area (TPSA) is 116 Å². The monoisotopic (exact) mass is 349 g/mol. The molecule has 1 fully saturated rings. The number of aromatic amines is 1. The molecule has 24 heavy (non-hydrogen) atoms.